The summed E-state index contributed by atoms with van der Waals surface area (Å²) in [6.07, 6.45) is 0. The number of hydrogen-bond acceptors (Lipinski definition) is 3. The number of nitrogens with zero attached hydrogens (tertiary/aromatic N) is 1. The van der Waals surface area contributed by atoms with Gasteiger partial charge in [-0.15, -0.1) is 0 Å². The molecule has 5 heteroatoms. The fourth-order valence-corrected chi connectivity index (χ4v) is 2.10. The van der Waals surface area contributed by atoms with E-state index in [1.165, 1.54) is 6.07 Å². The Morgan fingerprint density at radius 3 is 2.48 bits per heavy atom. The lowest BCUT2D eigenvalue weighted by molar-refractivity contribution is 0.102. The third-order valence-electron chi connectivity index (χ3n) is 3.10. The molecule has 0 saturated heterocycles. The van der Waals surface area contributed by atoms with Crippen molar-refractivity contribution in [2.45, 2.75) is 0 Å². The fourth-order valence-electron chi connectivity index (χ4n) is 2.10. The average molecular weight is 278 g/mol. The second-order valence-electron chi connectivity index (χ2n) is 4.57. The molecule has 5 nitrogen and oxygen atoms in total. The Hall–Kier alpha value is -3.08. The van der Waals surface area contributed by atoms with Gasteiger partial charge in [-0.2, -0.15) is 5.10 Å². The molecule has 0 bridgehead atoms. The van der Waals surface area contributed by atoms with Crippen LogP contribution in [0.2, 0.25) is 0 Å². The van der Waals surface area contributed by atoms with E-state index in [4.69, 9.17) is 5.73 Å². The van der Waals surface area contributed by atoms with Crippen LogP contribution < -0.4 is 11.1 Å². The van der Waals surface area contributed by atoms with Gasteiger partial charge in [0.25, 0.3) is 5.91 Å². The first kappa shape index (κ1) is 12.9. The zero-order chi connectivity index (χ0) is 14.7. The fraction of sp³-hybridized carbons (Fsp3) is 0. The number of aromatic nitrogens is 2. The highest BCUT2D eigenvalue weighted by atomic mass is 16.1. The molecule has 0 aliphatic heterocycles. The number of carbonyl (C=O) groups excluding carboxylic acids is 1. The minimum absolute atomic E-state index is 0.275. The number of carbonyl (C=O) groups is 1. The SMILES string of the molecule is Nc1cc(C(=O)Nc2ccccc2-c2ccccc2)[nH]n1. The van der Waals surface area contributed by atoms with Crippen molar-refractivity contribution in [1.82, 2.24) is 10.2 Å². The first-order valence-electron chi connectivity index (χ1n) is 6.51. The number of benzene rings is 2. The molecule has 1 heterocycles. The molecule has 4 N–H and O–H groups in total. The van der Waals surface area contributed by atoms with E-state index >= 15 is 0 Å². The van der Waals surface area contributed by atoms with Crippen molar-refractivity contribution in [3.05, 3.63) is 66.4 Å². The third-order valence-corrected chi connectivity index (χ3v) is 3.10. The van der Waals surface area contributed by atoms with E-state index in [0.717, 1.165) is 16.8 Å². The van der Waals surface area contributed by atoms with E-state index in [-0.39, 0.29) is 11.7 Å². The number of aromatic amines is 1. The minimum Gasteiger partial charge on any atom is -0.382 e. The molecule has 0 spiro atoms. The minimum atomic E-state index is -0.275. The smallest absolute Gasteiger partial charge is 0.273 e. The van der Waals surface area contributed by atoms with Crippen molar-refractivity contribution >= 4 is 17.4 Å². The molecule has 0 fully saturated rings. The summed E-state index contributed by atoms with van der Waals surface area (Å²) in [5.41, 5.74) is 8.57. The molecule has 2 aromatic carbocycles. The highest BCUT2D eigenvalue weighted by molar-refractivity contribution is 6.05. The first-order valence-corrected chi connectivity index (χ1v) is 6.51. The van der Waals surface area contributed by atoms with Crippen LogP contribution in [0.3, 0.4) is 0 Å². The lowest BCUT2D eigenvalue weighted by Crippen LogP contribution is -2.13. The summed E-state index contributed by atoms with van der Waals surface area (Å²) < 4.78 is 0. The van der Waals surface area contributed by atoms with Crippen molar-refractivity contribution in [1.29, 1.82) is 0 Å². The first-order chi connectivity index (χ1) is 10.2. The number of rotatable bonds is 3. The van der Waals surface area contributed by atoms with Gasteiger partial charge in [-0.05, 0) is 11.6 Å². The predicted molar refractivity (Wildman–Crippen MR) is 82.8 cm³/mol. The molecule has 0 unspecified atom stereocenters. The van der Waals surface area contributed by atoms with Crippen molar-refractivity contribution < 1.29 is 4.79 Å². The van der Waals surface area contributed by atoms with Crippen LogP contribution in [0, 0.1) is 0 Å². The number of H-pyrrole nitrogens is 1. The molecule has 0 atom stereocenters. The van der Waals surface area contributed by atoms with Gasteiger partial charge in [0.15, 0.2) is 0 Å². The highest BCUT2D eigenvalue weighted by Crippen LogP contribution is 2.27. The molecule has 3 aromatic rings. The van der Waals surface area contributed by atoms with Gasteiger partial charge in [0.05, 0.1) is 0 Å². The van der Waals surface area contributed by atoms with E-state index in [1.807, 2.05) is 54.6 Å². The number of amides is 1. The Morgan fingerprint density at radius 2 is 1.76 bits per heavy atom. The molecule has 0 aliphatic carbocycles. The van der Waals surface area contributed by atoms with E-state index in [0.29, 0.717) is 5.69 Å². The Morgan fingerprint density at radius 1 is 1.05 bits per heavy atom. The number of para-hydroxylation sites is 1. The maximum atomic E-state index is 12.2. The summed E-state index contributed by atoms with van der Waals surface area (Å²) >= 11 is 0. The molecule has 1 aromatic heterocycles. The summed E-state index contributed by atoms with van der Waals surface area (Å²) in [6, 6.07) is 19.0. The van der Waals surface area contributed by atoms with Gasteiger partial charge >= 0.3 is 0 Å². The van der Waals surface area contributed by atoms with Gasteiger partial charge in [0.2, 0.25) is 0 Å². The van der Waals surface area contributed by atoms with Crippen LogP contribution in [0.25, 0.3) is 11.1 Å². The molecular weight excluding hydrogens is 264 g/mol. The second-order valence-corrected chi connectivity index (χ2v) is 4.57. The standard InChI is InChI=1S/C16H14N4O/c17-15-10-14(19-20-15)16(21)18-13-9-5-4-8-12(13)11-6-2-1-3-7-11/h1-10H,(H,18,21)(H3,17,19,20). The topological polar surface area (TPSA) is 83.8 Å². The molecule has 0 saturated carbocycles. The third kappa shape index (κ3) is 2.76. The van der Waals surface area contributed by atoms with Crippen molar-refractivity contribution in [3.8, 4) is 11.1 Å². The molecule has 104 valence electrons. The van der Waals surface area contributed by atoms with Crippen LogP contribution in [0.1, 0.15) is 10.5 Å². The van der Waals surface area contributed by atoms with Gasteiger partial charge in [-0.1, -0.05) is 48.5 Å². The van der Waals surface area contributed by atoms with Gasteiger partial charge in [-0.25, -0.2) is 0 Å². The Balaban J connectivity index is 1.91. The predicted octanol–water partition coefficient (Wildman–Crippen LogP) is 2.91. The maximum Gasteiger partial charge on any atom is 0.273 e. The van der Waals surface area contributed by atoms with Gasteiger partial charge in [0, 0.05) is 17.3 Å². The van der Waals surface area contributed by atoms with Crippen molar-refractivity contribution in [2.75, 3.05) is 11.1 Å². The van der Waals surface area contributed by atoms with Gasteiger partial charge in [0.1, 0.15) is 11.5 Å². The van der Waals surface area contributed by atoms with Crippen molar-refractivity contribution in [3.63, 3.8) is 0 Å². The Bertz CT molecular complexity index is 765. The van der Waals surface area contributed by atoms with Crippen LogP contribution in [0.15, 0.2) is 60.7 Å². The van der Waals surface area contributed by atoms with E-state index in [1.54, 1.807) is 0 Å². The lowest BCUT2D eigenvalue weighted by atomic mass is 10.0. The lowest BCUT2D eigenvalue weighted by Gasteiger charge is -2.10. The number of hydrogen-bond donors (Lipinski definition) is 3. The van der Waals surface area contributed by atoms with Gasteiger partial charge in [-0.3, -0.25) is 9.89 Å². The van der Waals surface area contributed by atoms with Crippen LogP contribution in [0.5, 0.6) is 0 Å². The number of nitrogen functional groups attached to an aromatic ring is 1. The number of nitrogens with two attached hydrogens (primary N) is 1. The average Bonchev–Trinajstić information content (AvgIpc) is 2.95. The molecule has 3 rings (SSSR count). The number of anilines is 2. The Labute approximate surface area is 121 Å². The maximum absolute atomic E-state index is 12.2. The van der Waals surface area contributed by atoms with Gasteiger partial charge < -0.3 is 11.1 Å². The molecule has 0 aliphatic rings. The van der Waals surface area contributed by atoms with E-state index in [2.05, 4.69) is 15.5 Å². The zero-order valence-electron chi connectivity index (χ0n) is 11.2. The summed E-state index contributed by atoms with van der Waals surface area (Å²) in [5, 5.41) is 9.22. The Kier molecular flexibility index (Phi) is 3.39. The van der Waals surface area contributed by atoms with Crippen LogP contribution >= 0.6 is 0 Å². The summed E-state index contributed by atoms with van der Waals surface area (Å²) in [4.78, 5) is 12.2. The summed E-state index contributed by atoms with van der Waals surface area (Å²) in [7, 11) is 0. The van der Waals surface area contributed by atoms with Crippen LogP contribution in [-0.2, 0) is 0 Å². The summed E-state index contributed by atoms with van der Waals surface area (Å²) in [6.45, 7) is 0. The van der Waals surface area contributed by atoms with Crippen LogP contribution in [-0.4, -0.2) is 16.1 Å². The largest absolute Gasteiger partial charge is 0.382 e. The zero-order valence-corrected chi connectivity index (χ0v) is 11.2. The number of nitrogens with one attached hydrogen (secondary N) is 2. The quantitative estimate of drug-likeness (QED) is 0.688. The summed E-state index contributed by atoms with van der Waals surface area (Å²) in [5.74, 6) is 0.0130. The molecule has 1 amide bonds. The normalized spacial score (nSPS) is 10.3. The monoisotopic (exact) mass is 278 g/mol. The molecule has 21 heavy (non-hydrogen) atoms. The highest BCUT2D eigenvalue weighted by Gasteiger charge is 2.11. The second kappa shape index (κ2) is 5.50. The van der Waals surface area contributed by atoms with Crippen LogP contribution in [0.4, 0.5) is 11.5 Å². The van der Waals surface area contributed by atoms with E-state index < -0.39 is 0 Å². The molecular formula is C16H14N4O. The van der Waals surface area contributed by atoms with Crippen molar-refractivity contribution in [2.24, 2.45) is 0 Å². The molecule has 0 radical (unpaired) electrons. The van der Waals surface area contributed by atoms with E-state index in [9.17, 15) is 4.79 Å².